The first-order chi connectivity index (χ1) is 24.1. The van der Waals surface area contributed by atoms with E-state index in [1.165, 1.54) is 0 Å². The molecule has 4 aliphatic heterocycles. The van der Waals surface area contributed by atoms with Crippen LogP contribution in [-0.4, -0.2) is 115 Å². The Labute approximate surface area is 296 Å². The number of aromatic nitrogens is 2. The third-order valence-electron chi connectivity index (χ3n) is 10.6. The SMILES string of the molecule is C=C(CN1CCC(F)(F)C1)C(=O)N1CCN(c2nc(OC[C@@H]3CCCN3C)nc3c2CCN(c2cccc4cccc(Cl)c24)C3)C[C@@H]1CC#N. The summed E-state index contributed by atoms with van der Waals surface area (Å²) >= 11 is 6.72. The van der Waals surface area contributed by atoms with E-state index in [1.807, 2.05) is 18.2 Å². The number of halogens is 3. The average molecular weight is 705 g/mol. The quantitative estimate of drug-likeness (QED) is 0.281. The second-order valence-electron chi connectivity index (χ2n) is 14.0. The lowest BCUT2D eigenvalue weighted by Gasteiger charge is -2.43. The van der Waals surface area contributed by atoms with E-state index < -0.39 is 12.0 Å². The maximum Gasteiger partial charge on any atom is 0.318 e. The van der Waals surface area contributed by atoms with E-state index in [1.54, 1.807) is 9.80 Å². The molecule has 4 aliphatic rings. The van der Waals surface area contributed by atoms with E-state index in [4.69, 9.17) is 26.3 Å². The third kappa shape index (κ3) is 7.09. The van der Waals surface area contributed by atoms with Crippen LogP contribution in [0.2, 0.25) is 5.02 Å². The number of carbonyl (C=O) groups is 1. The highest BCUT2D eigenvalue weighted by Crippen LogP contribution is 2.37. The van der Waals surface area contributed by atoms with Crippen LogP contribution in [-0.2, 0) is 17.8 Å². The first kappa shape index (κ1) is 34.4. The number of nitriles is 1. The van der Waals surface area contributed by atoms with Crippen LogP contribution in [0.1, 0.15) is 36.9 Å². The number of likely N-dealkylation sites (tertiary alicyclic amines) is 2. The van der Waals surface area contributed by atoms with Crippen molar-refractivity contribution in [3.63, 3.8) is 0 Å². The van der Waals surface area contributed by atoms with Crippen molar-refractivity contribution < 1.29 is 18.3 Å². The van der Waals surface area contributed by atoms with Crippen molar-refractivity contribution in [2.45, 2.75) is 56.7 Å². The lowest BCUT2D eigenvalue weighted by molar-refractivity contribution is -0.130. The number of likely N-dealkylation sites (N-methyl/N-ethyl adjacent to an activating group) is 1. The number of rotatable bonds is 9. The fraction of sp³-hybridized carbons (Fsp3) is 0.514. The van der Waals surface area contributed by atoms with Crippen molar-refractivity contribution in [3.05, 3.63) is 64.8 Å². The summed E-state index contributed by atoms with van der Waals surface area (Å²) in [4.78, 5) is 33.6. The van der Waals surface area contributed by atoms with Gasteiger partial charge in [0.1, 0.15) is 12.4 Å². The maximum absolute atomic E-state index is 13.8. The highest BCUT2D eigenvalue weighted by atomic mass is 35.5. The van der Waals surface area contributed by atoms with Gasteiger partial charge < -0.3 is 24.3 Å². The number of nitrogens with zero attached hydrogens (tertiary/aromatic N) is 8. The second-order valence-corrected chi connectivity index (χ2v) is 14.4. The molecule has 13 heteroatoms. The standard InChI is InChI=1S/C37H43ClF2N8O2/c1-25(20-45-17-13-37(39,40)24-45)35(49)48-19-18-47(21-27(48)11-14-41)34-29-12-16-46(32-10-4-7-26-6-3-9-30(38)33(26)32)22-31(29)42-36(43-34)50-23-28-8-5-15-44(28)2/h3-4,6-7,9-10,27-28H,1,5,8,11-13,15-24H2,2H3/t27-,28-/m0/s1. The molecule has 0 saturated carbocycles. The molecule has 2 atom stereocenters. The van der Waals surface area contributed by atoms with Gasteiger partial charge in [-0.05, 0) is 50.4 Å². The number of hydrogen-bond acceptors (Lipinski definition) is 9. The van der Waals surface area contributed by atoms with Crippen LogP contribution in [0, 0.1) is 11.3 Å². The van der Waals surface area contributed by atoms with Gasteiger partial charge in [0.15, 0.2) is 0 Å². The smallest absolute Gasteiger partial charge is 0.318 e. The fourth-order valence-electron chi connectivity index (χ4n) is 7.90. The Hall–Kier alpha value is -4.05. The molecule has 0 spiro atoms. The Morgan fingerprint density at radius 2 is 1.92 bits per heavy atom. The predicted octanol–water partition coefficient (Wildman–Crippen LogP) is 5.15. The fourth-order valence-corrected chi connectivity index (χ4v) is 8.18. The monoisotopic (exact) mass is 704 g/mol. The largest absolute Gasteiger partial charge is 0.462 e. The Bertz CT molecular complexity index is 1810. The first-order valence-corrected chi connectivity index (χ1v) is 17.8. The van der Waals surface area contributed by atoms with Gasteiger partial charge in [0, 0.05) is 73.9 Å². The Kier molecular flexibility index (Phi) is 9.83. The van der Waals surface area contributed by atoms with E-state index >= 15 is 0 Å². The molecule has 2 aromatic carbocycles. The van der Waals surface area contributed by atoms with Gasteiger partial charge in [0.2, 0.25) is 0 Å². The number of piperazine rings is 1. The van der Waals surface area contributed by atoms with E-state index in [-0.39, 0.29) is 44.0 Å². The molecule has 5 heterocycles. The number of carbonyl (C=O) groups excluding carboxylic acids is 1. The Balaban J connectivity index is 1.15. The molecule has 10 nitrogen and oxygen atoms in total. The molecular formula is C37H43ClF2N8O2. The van der Waals surface area contributed by atoms with Crippen LogP contribution in [0.3, 0.4) is 0 Å². The number of hydrogen-bond donors (Lipinski definition) is 0. The Morgan fingerprint density at radius 3 is 2.66 bits per heavy atom. The number of benzene rings is 2. The molecule has 50 heavy (non-hydrogen) atoms. The van der Waals surface area contributed by atoms with Crippen LogP contribution in [0.5, 0.6) is 6.01 Å². The number of anilines is 2. The number of amides is 1. The highest BCUT2D eigenvalue weighted by molar-refractivity contribution is 6.36. The topological polar surface area (TPSA) is 92.1 Å². The zero-order valence-corrected chi connectivity index (χ0v) is 29.2. The van der Waals surface area contributed by atoms with Crippen molar-refractivity contribution in [2.24, 2.45) is 0 Å². The lowest BCUT2D eigenvalue weighted by Crippen LogP contribution is -2.56. The van der Waals surface area contributed by atoms with Crippen molar-refractivity contribution in [3.8, 4) is 12.1 Å². The van der Waals surface area contributed by atoms with E-state index in [0.29, 0.717) is 56.3 Å². The van der Waals surface area contributed by atoms with Crippen LogP contribution < -0.4 is 14.5 Å². The molecule has 3 fully saturated rings. The third-order valence-corrected chi connectivity index (χ3v) is 10.9. The molecule has 0 radical (unpaired) electrons. The highest BCUT2D eigenvalue weighted by Gasteiger charge is 2.40. The number of ether oxygens (including phenoxy) is 1. The second kappa shape index (κ2) is 14.3. The summed E-state index contributed by atoms with van der Waals surface area (Å²) < 4.78 is 33.9. The molecule has 1 amide bonds. The zero-order valence-electron chi connectivity index (χ0n) is 28.5. The minimum absolute atomic E-state index is 0.0859. The van der Waals surface area contributed by atoms with Crippen molar-refractivity contribution in [1.82, 2.24) is 24.7 Å². The van der Waals surface area contributed by atoms with Crippen molar-refractivity contribution in [1.29, 1.82) is 5.26 Å². The van der Waals surface area contributed by atoms with Gasteiger partial charge in [-0.15, -0.1) is 0 Å². The lowest BCUT2D eigenvalue weighted by atomic mass is 10.0. The van der Waals surface area contributed by atoms with Gasteiger partial charge in [-0.25, -0.2) is 8.78 Å². The zero-order chi connectivity index (χ0) is 35.0. The molecule has 0 bridgehead atoms. The minimum atomic E-state index is -2.75. The normalized spacial score (nSPS) is 22.5. The first-order valence-electron chi connectivity index (χ1n) is 17.5. The molecule has 264 valence electrons. The molecule has 0 aliphatic carbocycles. The van der Waals surface area contributed by atoms with E-state index in [9.17, 15) is 18.8 Å². The van der Waals surface area contributed by atoms with Gasteiger partial charge in [-0.1, -0.05) is 42.4 Å². The van der Waals surface area contributed by atoms with Gasteiger partial charge in [-0.3, -0.25) is 9.69 Å². The van der Waals surface area contributed by atoms with Gasteiger partial charge >= 0.3 is 6.01 Å². The minimum Gasteiger partial charge on any atom is -0.462 e. The van der Waals surface area contributed by atoms with Crippen LogP contribution in [0.25, 0.3) is 10.8 Å². The molecule has 0 N–H and O–H groups in total. The molecule has 0 unspecified atom stereocenters. The van der Waals surface area contributed by atoms with E-state index in [0.717, 1.165) is 59.5 Å². The van der Waals surface area contributed by atoms with Gasteiger partial charge in [-0.2, -0.15) is 15.2 Å². The van der Waals surface area contributed by atoms with Crippen molar-refractivity contribution in [2.75, 3.05) is 75.8 Å². The summed E-state index contributed by atoms with van der Waals surface area (Å²) in [5.74, 6) is -2.27. The van der Waals surface area contributed by atoms with Gasteiger partial charge in [0.25, 0.3) is 11.8 Å². The summed E-state index contributed by atoms with van der Waals surface area (Å²) in [6, 6.07) is 14.6. The van der Waals surface area contributed by atoms with Crippen LogP contribution in [0.15, 0.2) is 48.6 Å². The summed E-state index contributed by atoms with van der Waals surface area (Å²) in [6.07, 6.45) is 2.78. The molecular weight excluding hydrogens is 662 g/mol. The summed E-state index contributed by atoms with van der Waals surface area (Å²) in [6.45, 7) is 7.93. The summed E-state index contributed by atoms with van der Waals surface area (Å²) in [7, 11) is 2.11. The summed E-state index contributed by atoms with van der Waals surface area (Å²) in [5, 5.41) is 12.6. The maximum atomic E-state index is 13.8. The predicted molar refractivity (Wildman–Crippen MR) is 190 cm³/mol. The van der Waals surface area contributed by atoms with E-state index in [2.05, 4.69) is 52.6 Å². The molecule has 7 rings (SSSR count). The van der Waals surface area contributed by atoms with Crippen LogP contribution >= 0.6 is 11.6 Å². The van der Waals surface area contributed by atoms with Crippen molar-refractivity contribution >= 4 is 39.8 Å². The average Bonchev–Trinajstić information content (AvgIpc) is 3.68. The van der Waals surface area contributed by atoms with Gasteiger partial charge in [0.05, 0.1) is 42.3 Å². The molecule has 3 aromatic rings. The number of alkyl halides is 2. The Morgan fingerprint density at radius 1 is 1.10 bits per heavy atom. The number of fused-ring (bicyclic) bond motifs is 2. The summed E-state index contributed by atoms with van der Waals surface area (Å²) in [5.41, 5.74) is 3.23. The molecule has 3 saturated heterocycles. The van der Waals surface area contributed by atoms with Crippen LogP contribution in [0.4, 0.5) is 20.3 Å². The molecule has 1 aromatic heterocycles.